The van der Waals surface area contributed by atoms with Crippen LogP contribution in [0.25, 0.3) is 0 Å². The zero-order valence-corrected chi connectivity index (χ0v) is 13.2. The van der Waals surface area contributed by atoms with Gasteiger partial charge in [0, 0.05) is 0 Å². The van der Waals surface area contributed by atoms with Crippen molar-refractivity contribution in [2.24, 2.45) is 10.2 Å². The third-order valence-electron chi connectivity index (χ3n) is 1.79. The van der Waals surface area contributed by atoms with Crippen molar-refractivity contribution < 1.29 is 0 Å². The van der Waals surface area contributed by atoms with Gasteiger partial charge in [-0.3, -0.25) is 0 Å². The molecule has 0 aliphatic heterocycles. The minimum Gasteiger partial charge on any atom is -0.312 e. The Bertz CT molecular complexity index is 411. The van der Waals surface area contributed by atoms with Crippen LogP contribution >= 0.6 is 17.0 Å². The van der Waals surface area contributed by atoms with Crippen LogP contribution in [0.5, 0.6) is 0 Å². The third kappa shape index (κ3) is 9.11. The van der Waals surface area contributed by atoms with Gasteiger partial charge in [0.15, 0.2) is 0 Å². The lowest BCUT2D eigenvalue weighted by Crippen LogP contribution is -1.99. The minimum atomic E-state index is 0. The summed E-state index contributed by atoms with van der Waals surface area (Å²) >= 11 is 0. The Morgan fingerprint density at radius 2 is 0.895 bits per heavy atom. The zero-order chi connectivity index (χ0) is 13.2. The molecule has 0 bridgehead atoms. The Hall–Kier alpha value is -1.52. The van der Waals surface area contributed by atoms with E-state index in [1.165, 1.54) is 0 Å². The fourth-order valence-corrected chi connectivity index (χ4v) is 1.10. The van der Waals surface area contributed by atoms with Crippen LogP contribution in [-0.4, -0.2) is 26.0 Å². The second kappa shape index (κ2) is 10.4. The van der Waals surface area contributed by atoms with Gasteiger partial charge >= 0.3 is 0 Å². The number of hydrogen-bond donors (Lipinski definition) is 0. The molecular formula is C15H20BrN3. The fraction of sp³-hybridized carbons (Fsp3) is 0.200. The van der Waals surface area contributed by atoms with Crippen molar-refractivity contribution in [2.45, 2.75) is 0 Å². The van der Waals surface area contributed by atoms with Crippen LogP contribution in [0.4, 0.5) is 11.4 Å². The highest BCUT2D eigenvalue weighted by molar-refractivity contribution is 8.93. The van der Waals surface area contributed by atoms with Gasteiger partial charge in [0.25, 0.3) is 0 Å². The summed E-state index contributed by atoms with van der Waals surface area (Å²) in [6, 6.07) is 19.4. The molecule has 0 aliphatic rings. The Kier molecular flexibility index (Phi) is 9.57. The molecular weight excluding hydrogens is 302 g/mol. The quantitative estimate of drug-likeness (QED) is 0.726. The van der Waals surface area contributed by atoms with Crippen LogP contribution in [0.2, 0.25) is 0 Å². The average Bonchev–Trinajstić information content (AvgIpc) is 2.38. The summed E-state index contributed by atoms with van der Waals surface area (Å²) in [6.07, 6.45) is 0. The molecule has 0 heterocycles. The SMILES string of the molecule is Br.CN(C)C.c1ccc(/N=N/c2ccccc2)cc1. The highest BCUT2D eigenvalue weighted by atomic mass is 79.9. The zero-order valence-electron chi connectivity index (χ0n) is 11.5. The summed E-state index contributed by atoms with van der Waals surface area (Å²) < 4.78 is 0. The first-order chi connectivity index (χ1) is 8.68. The van der Waals surface area contributed by atoms with E-state index in [0.717, 1.165) is 11.4 Å². The molecule has 102 valence electrons. The average molecular weight is 322 g/mol. The van der Waals surface area contributed by atoms with Crippen molar-refractivity contribution in [3.05, 3.63) is 60.7 Å². The molecule has 3 nitrogen and oxygen atoms in total. The second-order valence-electron chi connectivity index (χ2n) is 4.21. The van der Waals surface area contributed by atoms with Gasteiger partial charge in [-0.25, -0.2) is 0 Å². The second-order valence-corrected chi connectivity index (χ2v) is 4.21. The van der Waals surface area contributed by atoms with Crippen molar-refractivity contribution in [3.63, 3.8) is 0 Å². The molecule has 2 aromatic carbocycles. The van der Waals surface area contributed by atoms with E-state index >= 15 is 0 Å². The maximum absolute atomic E-state index is 4.10. The van der Waals surface area contributed by atoms with Crippen molar-refractivity contribution in [3.8, 4) is 0 Å². The first kappa shape index (κ1) is 17.5. The van der Waals surface area contributed by atoms with Crippen LogP contribution in [0.3, 0.4) is 0 Å². The third-order valence-corrected chi connectivity index (χ3v) is 1.79. The Labute approximate surface area is 125 Å². The van der Waals surface area contributed by atoms with Crippen molar-refractivity contribution in [2.75, 3.05) is 21.1 Å². The first-order valence-corrected chi connectivity index (χ1v) is 5.81. The molecule has 0 unspecified atom stereocenters. The summed E-state index contributed by atoms with van der Waals surface area (Å²) in [7, 11) is 6.00. The number of azo groups is 1. The minimum absolute atomic E-state index is 0. The van der Waals surface area contributed by atoms with E-state index in [4.69, 9.17) is 0 Å². The summed E-state index contributed by atoms with van der Waals surface area (Å²) in [5.41, 5.74) is 1.74. The van der Waals surface area contributed by atoms with Crippen LogP contribution in [0.1, 0.15) is 0 Å². The van der Waals surface area contributed by atoms with E-state index in [-0.39, 0.29) is 17.0 Å². The van der Waals surface area contributed by atoms with E-state index in [1.54, 1.807) is 0 Å². The van der Waals surface area contributed by atoms with Crippen LogP contribution in [0.15, 0.2) is 70.9 Å². The Morgan fingerprint density at radius 1 is 0.632 bits per heavy atom. The van der Waals surface area contributed by atoms with Crippen molar-refractivity contribution in [1.29, 1.82) is 0 Å². The predicted molar refractivity (Wildman–Crippen MR) is 87.0 cm³/mol. The summed E-state index contributed by atoms with van der Waals surface area (Å²) in [5.74, 6) is 0. The number of rotatable bonds is 2. The van der Waals surface area contributed by atoms with Gasteiger partial charge in [-0.15, -0.1) is 17.0 Å². The number of benzene rings is 2. The smallest absolute Gasteiger partial charge is 0.0857 e. The molecule has 0 aromatic heterocycles. The fourth-order valence-electron chi connectivity index (χ4n) is 1.10. The largest absolute Gasteiger partial charge is 0.312 e. The van der Waals surface area contributed by atoms with Crippen LogP contribution < -0.4 is 0 Å². The van der Waals surface area contributed by atoms with Gasteiger partial charge in [0.1, 0.15) is 0 Å². The molecule has 0 fully saturated rings. The predicted octanol–water partition coefficient (Wildman–Crippen LogP) is 4.86. The lowest BCUT2D eigenvalue weighted by molar-refractivity contribution is 0.505. The highest BCUT2D eigenvalue weighted by Crippen LogP contribution is 2.16. The summed E-state index contributed by atoms with van der Waals surface area (Å²) in [5, 5.41) is 8.20. The molecule has 19 heavy (non-hydrogen) atoms. The Morgan fingerprint density at radius 3 is 1.16 bits per heavy atom. The van der Waals surface area contributed by atoms with E-state index in [0.29, 0.717) is 0 Å². The molecule has 0 saturated heterocycles. The number of nitrogens with zero attached hydrogens (tertiary/aromatic N) is 3. The van der Waals surface area contributed by atoms with Crippen LogP contribution in [-0.2, 0) is 0 Å². The molecule has 0 saturated carbocycles. The molecule has 0 radical (unpaired) electrons. The van der Waals surface area contributed by atoms with E-state index in [1.807, 2.05) is 86.7 Å². The lowest BCUT2D eigenvalue weighted by Gasteiger charge is -1.91. The number of halogens is 1. The monoisotopic (exact) mass is 321 g/mol. The Balaban J connectivity index is 0.000000576. The summed E-state index contributed by atoms with van der Waals surface area (Å²) in [4.78, 5) is 2.00. The molecule has 2 rings (SSSR count). The maximum atomic E-state index is 4.10. The van der Waals surface area contributed by atoms with E-state index < -0.39 is 0 Å². The molecule has 0 aliphatic carbocycles. The van der Waals surface area contributed by atoms with Crippen molar-refractivity contribution >= 4 is 28.4 Å². The molecule has 4 heteroatoms. The highest BCUT2D eigenvalue weighted by Gasteiger charge is 1.86. The maximum Gasteiger partial charge on any atom is 0.0857 e. The van der Waals surface area contributed by atoms with Crippen LogP contribution in [0, 0.1) is 0 Å². The number of hydrogen-bond acceptors (Lipinski definition) is 3. The van der Waals surface area contributed by atoms with Crippen molar-refractivity contribution in [1.82, 2.24) is 4.90 Å². The normalized spacial score (nSPS) is 9.68. The first-order valence-electron chi connectivity index (χ1n) is 5.81. The van der Waals surface area contributed by atoms with Gasteiger partial charge in [-0.1, -0.05) is 36.4 Å². The van der Waals surface area contributed by atoms with Gasteiger partial charge in [0.2, 0.25) is 0 Å². The standard InChI is InChI=1S/C12H10N2.C3H9N.BrH/c1-3-7-11(8-4-1)13-14-12-9-5-2-6-10-12;1-4(2)3;/h1-10H;1-3H3;1H/b14-13+;;. The molecule has 0 atom stereocenters. The molecule has 2 aromatic rings. The van der Waals surface area contributed by atoms with Gasteiger partial charge < -0.3 is 4.90 Å². The lowest BCUT2D eigenvalue weighted by atomic mass is 10.3. The van der Waals surface area contributed by atoms with Gasteiger partial charge in [0.05, 0.1) is 11.4 Å². The van der Waals surface area contributed by atoms with Gasteiger partial charge in [-0.05, 0) is 45.4 Å². The van der Waals surface area contributed by atoms with E-state index in [2.05, 4.69) is 10.2 Å². The topological polar surface area (TPSA) is 28.0 Å². The molecule has 0 spiro atoms. The summed E-state index contributed by atoms with van der Waals surface area (Å²) in [6.45, 7) is 0. The molecule has 0 N–H and O–H groups in total. The van der Waals surface area contributed by atoms with E-state index in [9.17, 15) is 0 Å². The molecule has 0 amide bonds. The van der Waals surface area contributed by atoms with Gasteiger partial charge in [-0.2, -0.15) is 10.2 Å².